The zero-order valence-electron chi connectivity index (χ0n) is 13.4. The van der Waals surface area contributed by atoms with Crippen LogP contribution < -0.4 is 4.74 Å². The summed E-state index contributed by atoms with van der Waals surface area (Å²) < 4.78 is 10.5. The zero-order chi connectivity index (χ0) is 16.7. The summed E-state index contributed by atoms with van der Waals surface area (Å²) in [6.07, 6.45) is 1.61. The molecule has 1 saturated heterocycles. The van der Waals surface area contributed by atoms with Crippen LogP contribution in [0, 0.1) is 0 Å². The number of methoxy groups -OCH3 is 1. The van der Waals surface area contributed by atoms with E-state index in [2.05, 4.69) is 0 Å². The predicted molar refractivity (Wildman–Crippen MR) is 84.5 cm³/mol. The summed E-state index contributed by atoms with van der Waals surface area (Å²) in [5, 5.41) is 8.80. The first-order valence-corrected chi connectivity index (χ1v) is 7.82. The summed E-state index contributed by atoms with van der Waals surface area (Å²) in [4.78, 5) is 24.7. The van der Waals surface area contributed by atoms with Gasteiger partial charge in [0, 0.05) is 19.5 Å². The van der Waals surface area contributed by atoms with Gasteiger partial charge in [-0.15, -0.1) is 0 Å². The minimum Gasteiger partial charge on any atom is -0.497 e. The third kappa shape index (κ3) is 5.56. The van der Waals surface area contributed by atoms with Gasteiger partial charge >= 0.3 is 5.97 Å². The van der Waals surface area contributed by atoms with Crippen molar-refractivity contribution >= 4 is 11.9 Å². The van der Waals surface area contributed by atoms with Crippen molar-refractivity contribution in [3.63, 3.8) is 0 Å². The number of carbonyl (C=O) groups excluding carboxylic acids is 1. The van der Waals surface area contributed by atoms with Crippen LogP contribution >= 0.6 is 0 Å². The van der Waals surface area contributed by atoms with E-state index in [0.717, 1.165) is 18.6 Å². The van der Waals surface area contributed by atoms with Gasteiger partial charge in [-0.2, -0.15) is 0 Å². The number of hydrogen-bond donors (Lipinski definition) is 1. The molecule has 0 aliphatic carbocycles. The van der Waals surface area contributed by atoms with Crippen LogP contribution in [0.5, 0.6) is 5.75 Å². The number of carbonyl (C=O) groups is 2. The van der Waals surface area contributed by atoms with Crippen molar-refractivity contribution in [2.24, 2.45) is 0 Å². The van der Waals surface area contributed by atoms with Crippen LogP contribution in [0.2, 0.25) is 0 Å². The molecule has 0 bridgehead atoms. The van der Waals surface area contributed by atoms with Gasteiger partial charge in [-0.3, -0.25) is 9.59 Å². The van der Waals surface area contributed by atoms with Gasteiger partial charge in [0.2, 0.25) is 5.91 Å². The molecule has 1 N–H and O–H groups in total. The molecule has 126 valence electrons. The van der Waals surface area contributed by atoms with Gasteiger partial charge in [-0.05, 0) is 30.5 Å². The number of nitrogens with zero attached hydrogens (tertiary/aromatic N) is 1. The van der Waals surface area contributed by atoms with Crippen LogP contribution in [-0.2, 0) is 20.7 Å². The van der Waals surface area contributed by atoms with Crippen LogP contribution in [0.1, 0.15) is 24.8 Å². The first-order chi connectivity index (χ1) is 11.1. The van der Waals surface area contributed by atoms with Crippen LogP contribution in [0.3, 0.4) is 0 Å². The largest absolute Gasteiger partial charge is 0.497 e. The SMILES string of the molecule is COc1ccc(CCCC(=O)N2CCO[C@H](CC(=O)O)C2)cc1. The molecule has 0 radical (unpaired) electrons. The average molecular weight is 321 g/mol. The Labute approximate surface area is 136 Å². The molecule has 1 heterocycles. The van der Waals surface area contributed by atoms with Gasteiger partial charge < -0.3 is 19.5 Å². The number of hydrogen-bond acceptors (Lipinski definition) is 4. The van der Waals surface area contributed by atoms with Crippen molar-refractivity contribution in [1.82, 2.24) is 4.90 Å². The first kappa shape index (κ1) is 17.3. The molecule has 1 aliphatic rings. The number of aryl methyl sites for hydroxylation is 1. The lowest BCUT2D eigenvalue weighted by Crippen LogP contribution is -2.46. The summed E-state index contributed by atoms with van der Waals surface area (Å²) in [5.74, 6) is -0.0105. The Morgan fingerprint density at radius 1 is 1.35 bits per heavy atom. The molecule has 0 unspecified atom stereocenters. The lowest BCUT2D eigenvalue weighted by atomic mass is 10.1. The Kier molecular flexibility index (Phi) is 6.40. The maximum atomic E-state index is 12.2. The fourth-order valence-electron chi connectivity index (χ4n) is 2.66. The molecule has 1 fully saturated rings. The Hall–Kier alpha value is -2.08. The number of rotatable bonds is 7. The summed E-state index contributed by atoms with van der Waals surface area (Å²) in [6, 6.07) is 7.83. The standard InChI is InChI=1S/C17H23NO5/c1-22-14-7-5-13(6-8-14)3-2-4-16(19)18-9-10-23-15(12-18)11-17(20)21/h5-8,15H,2-4,9-12H2,1H3,(H,20,21)/t15-/m1/s1. The van der Waals surface area contributed by atoms with E-state index >= 15 is 0 Å². The van der Waals surface area contributed by atoms with Crippen LogP contribution in [0.15, 0.2) is 24.3 Å². The molecule has 0 spiro atoms. The topological polar surface area (TPSA) is 76.1 Å². The molecule has 2 rings (SSSR count). The smallest absolute Gasteiger partial charge is 0.306 e. The van der Waals surface area contributed by atoms with Gasteiger partial charge in [0.25, 0.3) is 0 Å². The normalized spacial score (nSPS) is 17.8. The van der Waals surface area contributed by atoms with Gasteiger partial charge in [-0.1, -0.05) is 12.1 Å². The van der Waals surface area contributed by atoms with Gasteiger partial charge in [0.05, 0.1) is 26.2 Å². The molecule has 1 aromatic rings. The van der Waals surface area contributed by atoms with Gasteiger partial charge in [0.15, 0.2) is 0 Å². The highest BCUT2D eigenvalue weighted by molar-refractivity contribution is 5.76. The molecule has 23 heavy (non-hydrogen) atoms. The molecular weight excluding hydrogens is 298 g/mol. The molecule has 1 amide bonds. The number of amides is 1. The van der Waals surface area contributed by atoms with E-state index in [1.165, 1.54) is 5.56 Å². The van der Waals surface area contributed by atoms with Crippen molar-refractivity contribution < 1.29 is 24.2 Å². The number of benzene rings is 1. The fraction of sp³-hybridized carbons (Fsp3) is 0.529. The van der Waals surface area contributed by atoms with E-state index in [9.17, 15) is 9.59 Å². The number of carboxylic acid groups (broad SMARTS) is 1. The highest BCUT2D eigenvalue weighted by Crippen LogP contribution is 2.15. The summed E-state index contributed by atoms with van der Waals surface area (Å²) in [6.45, 7) is 1.31. The van der Waals surface area contributed by atoms with Gasteiger partial charge in [-0.25, -0.2) is 0 Å². The average Bonchev–Trinajstić information content (AvgIpc) is 2.55. The number of carboxylic acids is 1. The molecule has 1 aliphatic heterocycles. The Morgan fingerprint density at radius 2 is 2.09 bits per heavy atom. The molecule has 1 aromatic carbocycles. The van der Waals surface area contributed by atoms with Crippen LogP contribution in [0.25, 0.3) is 0 Å². The van der Waals surface area contributed by atoms with Crippen molar-refractivity contribution in [2.45, 2.75) is 31.8 Å². The predicted octanol–water partition coefficient (Wildman–Crippen LogP) is 1.72. The second-order valence-electron chi connectivity index (χ2n) is 5.63. The van der Waals surface area contributed by atoms with Crippen LogP contribution in [0.4, 0.5) is 0 Å². The second-order valence-corrected chi connectivity index (χ2v) is 5.63. The minimum absolute atomic E-state index is 0.0599. The van der Waals surface area contributed by atoms with Crippen molar-refractivity contribution in [3.8, 4) is 5.75 Å². The molecule has 0 saturated carbocycles. The molecular formula is C17H23NO5. The molecule has 1 atom stereocenters. The first-order valence-electron chi connectivity index (χ1n) is 7.82. The highest BCUT2D eigenvalue weighted by Gasteiger charge is 2.25. The van der Waals surface area contributed by atoms with Crippen LogP contribution in [-0.4, -0.2) is 54.8 Å². The zero-order valence-corrected chi connectivity index (χ0v) is 13.4. The maximum Gasteiger partial charge on any atom is 0.306 e. The third-order valence-corrected chi connectivity index (χ3v) is 3.91. The maximum absolute atomic E-state index is 12.2. The van der Waals surface area contributed by atoms with E-state index < -0.39 is 12.1 Å². The minimum atomic E-state index is -0.899. The number of aliphatic carboxylic acids is 1. The quantitative estimate of drug-likeness (QED) is 0.827. The van der Waals surface area contributed by atoms with Crippen molar-refractivity contribution in [2.75, 3.05) is 26.8 Å². The van der Waals surface area contributed by atoms with Crippen molar-refractivity contribution in [3.05, 3.63) is 29.8 Å². The second kappa shape index (κ2) is 8.53. The Morgan fingerprint density at radius 3 is 2.74 bits per heavy atom. The summed E-state index contributed by atoms with van der Waals surface area (Å²) in [5.41, 5.74) is 1.17. The fourth-order valence-corrected chi connectivity index (χ4v) is 2.66. The van der Waals surface area contributed by atoms with E-state index in [-0.39, 0.29) is 12.3 Å². The lowest BCUT2D eigenvalue weighted by Gasteiger charge is -2.32. The van der Waals surface area contributed by atoms with E-state index in [1.807, 2.05) is 24.3 Å². The monoisotopic (exact) mass is 321 g/mol. The highest BCUT2D eigenvalue weighted by atomic mass is 16.5. The molecule has 0 aromatic heterocycles. The summed E-state index contributed by atoms with van der Waals surface area (Å²) >= 11 is 0. The number of ether oxygens (including phenoxy) is 2. The third-order valence-electron chi connectivity index (χ3n) is 3.91. The molecule has 6 nitrogen and oxygen atoms in total. The Balaban J connectivity index is 1.74. The van der Waals surface area contributed by atoms with Crippen molar-refractivity contribution in [1.29, 1.82) is 0 Å². The molecule has 6 heteroatoms. The Bertz CT molecular complexity index is 528. The van der Waals surface area contributed by atoms with Gasteiger partial charge in [0.1, 0.15) is 5.75 Å². The van der Waals surface area contributed by atoms with E-state index in [0.29, 0.717) is 26.1 Å². The summed E-state index contributed by atoms with van der Waals surface area (Å²) in [7, 11) is 1.63. The van der Waals surface area contributed by atoms with E-state index in [1.54, 1.807) is 12.0 Å². The van der Waals surface area contributed by atoms with E-state index in [4.69, 9.17) is 14.6 Å². The number of morpholine rings is 1. The lowest BCUT2D eigenvalue weighted by molar-refractivity contribution is -0.147.